The van der Waals surface area contributed by atoms with Crippen molar-refractivity contribution in [3.8, 4) is 0 Å². The van der Waals surface area contributed by atoms with E-state index in [1.807, 2.05) is 27.7 Å². The molecule has 0 spiro atoms. The van der Waals surface area contributed by atoms with Crippen molar-refractivity contribution >= 4 is 63.3 Å². The van der Waals surface area contributed by atoms with Crippen molar-refractivity contribution in [2.24, 2.45) is 15.6 Å². The van der Waals surface area contributed by atoms with E-state index in [0.29, 0.717) is 20.9 Å². The number of nitrogens with one attached hydrogen (secondary N) is 2. The number of carbonyl (C=O) groups is 2. The van der Waals surface area contributed by atoms with Gasteiger partial charge in [-0.3, -0.25) is 9.59 Å². The summed E-state index contributed by atoms with van der Waals surface area (Å²) in [6, 6.07) is 4.79. The molecule has 2 N–H and O–H groups in total. The van der Waals surface area contributed by atoms with Crippen molar-refractivity contribution in [3.05, 3.63) is 28.2 Å². The van der Waals surface area contributed by atoms with E-state index in [-0.39, 0.29) is 23.7 Å². The van der Waals surface area contributed by atoms with Gasteiger partial charge in [-0.1, -0.05) is 55.7 Å². The normalized spacial score (nSPS) is 19.6. The van der Waals surface area contributed by atoms with Crippen molar-refractivity contribution in [1.29, 1.82) is 0 Å². The first-order valence-electron chi connectivity index (χ1n) is 7.91. The summed E-state index contributed by atoms with van der Waals surface area (Å²) in [5, 5.41) is 14.2. The van der Waals surface area contributed by atoms with Gasteiger partial charge in [0.2, 0.25) is 11.8 Å². The molecule has 9 heteroatoms. The van der Waals surface area contributed by atoms with Crippen LogP contribution in [0.2, 0.25) is 10.0 Å². The zero-order valence-electron chi connectivity index (χ0n) is 14.9. The lowest BCUT2D eigenvalue weighted by atomic mass is 9.91. The molecule has 140 valence electrons. The van der Waals surface area contributed by atoms with Crippen LogP contribution in [0.4, 0.5) is 5.69 Å². The van der Waals surface area contributed by atoms with E-state index >= 15 is 0 Å². The Labute approximate surface area is 166 Å². The Kier molecular flexibility index (Phi) is 6.71. The Hall–Kier alpha value is -1.57. The predicted octanol–water partition coefficient (Wildman–Crippen LogP) is 4.33. The monoisotopic (exact) mass is 414 g/mol. The Morgan fingerprint density at radius 1 is 1.31 bits per heavy atom. The summed E-state index contributed by atoms with van der Waals surface area (Å²) in [6.07, 6.45) is 0.0116. The van der Waals surface area contributed by atoms with Gasteiger partial charge in [-0.15, -0.1) is 5.10 Å². The van der Waals surface area contributed by atoms with Gasteiger partial charge in [0.1, 0.15) is 5.25 Å². The maximum atomic E-state index is 12.2. The number of hydrogen-bond acceptors (Lipinski definition) is 5. The highest BCUT2D eigenvalue weighted by Gasteiger charge is 2.32. The SMILES string of the molecule is C/C(=N\N=C1\NC(=O)C(CC(=O)Nc2ccc(Cl)c(Cl)c2)S1)C(C)(C)C. The van der Waals surface area contributed by atoms with E-state index in [0.717, 1.165) is 5.71 Å². The van der Waals surface area contributed by atoms with Crippen LogP contribution >= 0.6 is 35.0 Å². The minimum Gasteiger partial charge on any atom is -0.326 e. The third-order valence-corrected chi connectivity index (χ3v) is 5.54. The molecule has 1 unspecified atom stereocenters. The number of benzene rings is 1. The Morgan fingerprint density at radius 2 is 2.00 bits per heavy atom. The summed E-state index contributed by atoms with van der Waals surface area (Å²) in [4.78, 5) is 24.2. The summed E-state index contributed by atoms with van der Waals surface area (Å²) in [5.74, 6) is -0.562. The molecule has 0 saturated carbocycles. The molecule has 0 aromatic heterocycles. The molecule has 1 atom stereocenters. The largest absolute Gasteiger partial charge is 0.326 e. The molecule has 0 radical (unpaired) electrons. The fourth-order valence-electron chi connectivity index (χ4n) is 1.81. The highest BCUT2D eigenvalue weighted by molar-refractivity contribution is 8.15. The molecule has 1 aliphatic rings. The van der Waals surface area contributed by atoms with Gasteiger partial charge in [0.05, 0.1) is 10.0 Å². The van der Waals surface area contributed by atoms with Gasteiger partial charge >= 0.3 is 0 Å². The zero-order chi connectivity index (χ0) is 19.5. The highest BCUT2D eigenvalue weighted by Crippen LogP contribution is 2.26. The fourth-order valence-corrected chi connectivity index (χ4v) is 3.03. The van der Waals surface area contributed by atoms with Crippen LogP contribution in [0.1, 0.15) is 34.1 Å². The minimum absolute atomic E-state index is 0.0116. The van der Waals surface area contributed by atoms with Gasteiger partial charge < -0.3 is 10.6 Å². The van der Waals surface area contributed by atoms with Crippen LogP contribution in [-0.4, -0.2) is 27.9 Å². The molecule has 0 bridgehead atoms. The summed E-state index contributed by atoms with van der Waals surface area (Å²) < 4.78 is 0. The smallest absolute Gasteiger partial charge is 0.240 e. The maximum Gasteiger partial charge on any atom is 0.240 e. The lowest BCUT2D eigenvalue weighted by molar-refractivity contribution is -0.122. The number of halogens is 2. The topological polar surface area (TPSA) is 82.9 Å². The predicted molar refractivity (Wildman–Crippen MR) is 109 cm³/mol. The van der Waals surface area contributed by atoms with E-state index in [1.54, 1.807) is 18.2 Å². The summed E-state index contributed by atoms with van der Waals surface area (Å²) in [5.41, 5.74) is 1.27. The molecule has 1 heterocycles. The average molecular weight is 415 g/mol. The number of carbonyl (C=O) groups excluding carboxylic acids is 2. The van der Waals surface area contributed by atoms with Gasteiger partial charge in [-0.05, 0) is 25.1 Å². The number of thioether (sulfide) groups is 1. The summed E-state index contributed by atoms with van der Waals surface area (Å²) in [7, 11) is 0. The molecule has 2 rings (SSSR count). The molecule has 1 fully saturated rings. The summed E-state index contributed by atoms with van der Waals surface area (Å²) >= 11 is 13.0. The van der Waals surface area contributed by atoms with E-state index < -0.39 is 5.25 Å². The van der Waals surface area contributed by atoms with Crippen LogP contribution in [-0.2, 0) is 9.59 Å². The number of hydrogen-bond donors (Lipinski definition) is 2. The van der Waals surface area contributed by atoms with Gasteiger partial charge in [-0.2, -0.15) is 5.10 Å². The fraction of sp³-hybridized carbons (Fsp3) is 0.412. The first-order valence-corrected chi connectivity index (χ1v) is 9.55. The molecular formula is C17H20Cl2N4O2S. The lowest BCUT2D eigenvalue weighted by Crippen LogP contribution is -2.28. The second-order valence-electron chi connectivity index (χ2n) is 6.82. The van der Waals surface area contributed by atoms with Gasteiger partial charge in [0.25, 0.3) is 0 Å². The van der Waals surface area contributed by atoms with E-state index in [4.69, 9.17) is 23.2 Å². The second kappa shape index (κ2) is 8.41. The number of anilines is 1. The van der Waals surface area contributed by atoms with Crippen LogP contribution < -0.4 is 10.6 Å². The minimum atomic E-state index is -0.554. The van der Waals surface area contributed by atoms with Gasteiger partial charge in [0, 0.05) is 23.2 Å². The molecule has 1 aliphatic heterocycles. The summed E-state index contributed by atoms with van der Waals surface area (Å²) in [6.45, 7) is 7.97. The average Bonchev–Trinajstić information content (AvgIpc) is 2.87. The van der Waals surface area contributed by atoms with E-state index in [1.165, 1.54) is 11.8 Å². The molecule has 0 aliphatic carbocycles. The third-order valence-electron chi connectivity index (χ3n) is 3.73. The van der Waals surface area contributed by atoms with Crippen LogP contribution in [0.5, 0.6) is 0 Å². The number of nitrogens with zero attached hydrogens (tertiary/aromatic N) is 2. The van der Waals surface area contributed by atoms with E-state index in [2.05, 4.69) is 20.8 Å². The van der Waals surface area contributed by atoms with Crippen molar-refractivity contribution in [1.82, 2.24) is 5.32 Å². The molecule has 1 aromatic rings. The Morgan fingerprint density at radius 3 is 2.62 bits per heavy atom. The zero-order valence-corrected chi connectivity index (χ0v) is 17.2. The third kappa shape index (κ3) is 5.72. The van der Waals surface area contributed by atoms with Gasteiger partial charge in [0.15, 0.2) is 5.17 Å². The standard InChI is InChI=1S/C17H20Cl2N4O2S/c1-9(17(2,3)4)22-23-16-21-15(25)13(26-16)8-14(24)20-10-5-6-11(18)12(19)7-10/h5-7,13H,8H2,1-4H3,(H,20,24)(H,21,23,25)/b22-9+. The first kappa shape index (κ1) is 20.7. The highest BCUT2D eigenvalue weighted by atomic mass is 35.5. The molecular weight excluding hydrogens is 395 g/mol. The van der Waals surface area contributed by atoms with Crippen LogP contribution in [0.25, 0.3) is 0 Å². The van der Waals surface area contributed by atoms with Crippen LogP contribution in [0, 0.1) is 5.41 Å². The number of amides is 2. The van der Waals surface area contributed by atoms with Crippen LogP contribution in [0.15, 0.2) is 28.4 Å². The number of rotatable bonds is 4. The van der Waals surface area contributed by atoms with Crippen molar-refractivity contribution in [2.75, 3.05) is 5.32 Å². The lowest BCUT2D eigenvalue weighted by Gasteiger charge is -2.16. The molecule has 1 aromatic carbocycles. The molecule has 1 saturated heterocycles. The van der Waals surface area contributed by atoms with Crippen LogP contribution in [0.3, 0.4) is 0 Å². The maximum absolute atomic E-state index is 12.2. The molecule has 2 amide bonds. The Bertz CT molecular complexity index is 787. The first-order chi connectivity index (χ1) is 12.1. The van der Waals surface area contributed by atoms with Gasteiger partial charge in [-0.25, -0.2) is 0 Å². The van der Waals surface area contributed by atoms with Crippen molar-refractivity contribution in [2.45, 2.75) is 39.4 Å². The molecule has 6 nitrogen and oxygen atoms in total. The number of amidine groups is 1. The quantitative estimate of drug-likeness (QED) is 0.567. The van der Waals surface area contributed by atoms with E-state index in [9.17, 15) is 9.59 Å². The van der Waals surface area contributed by atoms with Crippen molar-refractivity contribution in [3.63, 3.8) is 0 Å². The second-order valence-corrected chi connectivity index (χ2v) is 8.82. The van der Waals surface area contributed by atoms with Crippen molar-refractivity contribution < 1.29 is 9.59 Å². The molecule has 26 heavy (non-hydrogen) atoms. The Balaban J connectivity index is 1.96.